The number of likely N-dealkylation sites (tertiary alicyclic amines) is 1. The lowest BCUT2D eigenvalue weighted by Gasteiger charge is -2.32. The summed E-state index contributed by atoms with van der Waals surface area (Å²) < 4.78 is 25.8. The number of benzene rings is 1. The molecule has 6 nitrogen and oxygen atoms in total. The molecule has 1 aromatic rings. The van der Waals surface area contributed by atoms with Crippen molar-refractivity contribution in [3.8, 4) is 0 Å². The Morgan fingerprint density at radius 2 is 1.81 bits per heavy atom. The minimum atomic E-state index is -2.64. The number of rotatable bonds is 8. The van der Waals surface area contributed by atoms with Gasteiger partial charge >= 0.3 is 0 Å². The molecule has 2 aliphatic rings. The van der Waals surface area contributed by atoms with Gasteiger partial charge in [-0.05, 0) is 61.3 Å². The molecule has 1 aliphatic carbocycles. The second kappa shape index (κ2) is 11.4. The lowest BCUT2D eigenvalue weighted by molar-refractivity contribution is -0.140. The number of alkyl halides is 2. The lowest BCUT2D eigenvalue weighted by Crippen LogP contribution is -2.53. The minimum Gasteiger partial charge on any atom is -0.350 e. The molecule has 5 N–H and O–H groups in total. The first-order chi connectivity index (χ1) is 15.3. The summed E-state index contributed by atoms with van der Waals surface area (Å²) in [7, 11) is 0. The van der Waals surface area contributed by atoms with Crippen molar-refractivity contribution in [2.24, 2.45) is 17.4 Å². The summed E-state index contributed by atoms with van der Waals surface area (Å²) in [6.07, 6.45) is 3.93. The minimum absolute atomic E-state index is 0.0235. The van der Waals surface area contributed by atoms with Gasteiger partial charge in [-0.1, -0.05) is 36.9 Å². The summed E-state index contributed by atoms with van der Waals surface area (Å²) in [4.78, 5) is 27.6. The predicted octanol–water partition coefficient (Wildman–Crippen LogP) is 2.99. The van der Waals surface area contributed by atoms with Crippen LogP contribution in [0, 0.1) is 5.92 Å². The van der Waals surface area contributed by atoms with Gasteiger partial charge in [0.2, 0.25) is 11.8 Å². The van der Waals surface area contributed by atoms with Gasteiger partial charge in [0, 0.05) is 18.1 Å². The Labute approximate surface area is 193 Å². The standard InChI is InChI=1S/C23H33ClF2N4O2/c24-17-9-8-15(12-18(27)21(25)26)16(11-17)13-29-22(31)19-7-4-10-30(19)23(32)20(28)14-5-2-1-3-6-14/h8-9,11,14,18-21H,1-7,10,12-13,27-28H2,(H,29,31)/t18?,19-,20+/m0/s1. The first-order valence-corrected chi connectivity index (χ1v) is 11.8. The van der Waals surface area contributed by atoms with Gasteiger partial charge in [0.15, 0.2) is 0 Å². The average Bonchev–Trinajstić information content (AvgIpc) is 3.28. The van der Waals surface area contributed by atoms with E-state index in [9.17, 15) is 18.4 Å². The fourth-order valence-corrected chi connectivity index (χ4v) is 4.99. The maximum atomic E-state index is 13.0. The average molecular weight is 471 g/mol. The number of hydrogen-bond acceptors (Lipinski definition) is 4. The SMILES string of the molecule is NC(Cc1ccc(Cl)cc1CNC(=O)[C@@H]1CCCN1C(=O)[C@H](N)C1CCCCC1)C(F)F. The van der Waals surface area contributed by atoms with Crippen LogP contribution in [0.25, 0.3) is 0 Å². The van der Waals surface area contributed by atoms with Crippen LogP contribution in [0.2, 0.25) is 5.02 Å². The molecule has 2 fully saturated rings. The zero-order chi connectivity index (χ0) is 23.3. The van der Waals surface area contributed by atoms with Crippen LogP contribution < -0.4 is 16.8 Å². The smallest absolute Gasteiger partial charge is 0.253 e. The zero-order valence-electron chi connectivity index (χ0n) is 18.2. The van der Waals surface area contributed by atoms with Gasteiger partial charge in [-0.3, -0.25) is 9.59 Å². The molecule has 1 unspecified atom stereocenters. The molecule has 0 aromatic heterocycles. The quantitative estimate of drug-likeness (QED) is 0.543. The Morgan fingerprint density at radius 3 is 2.50 bits per heavy atom. The molecule has 0 radical (unpaired) electrons. The normalized spacial score (nSPS) is 21.6. The molecule has 9 heteroatoms. The Bertz CT molecular complexity index is 804. The number of nitrogens with two attached hydrogens (primary N) is 2. The highest BCUT2D eigenvalue weighted by Crippen LogP contribution is 2.28. The summed E-state index contributed by atoms with van der Waals surface area (Å²) in [6, 6.07) is 2.48. The third-order valence-electron chi connectivity index (χ3n) is 6.68. The third kappa shape index (κ3) is 6.17. The van der Waals surface area contributed by atoms with Crippen LogP contribution in [0.15, 0.2) is 18.2 Å². The molecule has 1 saturated carbocycles. The van der Waals surface area contributed by atoms with E-state index in [0.717, 1.165) is 32.1 Å². The maximum Gasteiger partial charge on any atom is 0.253 e. The molecule has 3 atom stereocenters. The fraction of sp³-hybridized carbons (Fsp3) is 0.652. The van der Waals surface area contributed by atoms with Crippen molar-refractivity contribution < 1.29 is 18.4 Å². The molecule has 1 heterocycles. The second-order valence-corrected chi connectivity index (χ2v) is 9.38. The summed E-state index contributed by atoms with van der Waals surface area (Å²) in [5.74, 6) is -0.245. The van der Waals surface area contributed by atoms with Crippen LogP contribution in [0.3, 0.4) is 0 Å². The van der Waals surface area contributed by atoms with Crippen molar-refractivity contribution >= 4 is 23.4 Å². The zero-order valence-corrected chi connectivity index (χ0v) is 19.0. The Hall–Kier alpha value is -1.77. The van der Waals surface area contributed by atoms with Gasteiger partial charge in [0.25, 0.3) is 6.43 Å². The van der Waals surface area contributed by atoms with Crippen LogP contribution in [0.5, 0.6) is 0 Å². The molecule has 0 spiro atoms. The molecule has 178 valence electrons. The third-order valence-corrected chi connectivity index (χ3v) is 6.92. The monoisotopic (exact) mass is 470 g/mol. The van der Waals surface area contributed by atoms with E-state index in [4.69, 9.17) is 23.1 Å². The van der Waals surface area contributed by atoms with E-state index in [1.54, 1.807) is 23.1 Å². The summed E-state index contributed by atoms with van der Waals surface area (Å²) in [5, 5.41) is 3.30. The number of nitrogens with zero attached hydrogens (tertiary/aromatic N) is 1. The highest BCUT2D eigenvalue weighted by atomic mass is 35.5. The van der Waals surface area contributed by atoms with E-state index in [1.165, 1.54) is 6.42 Å². The molecular weight excluding hydrogens is 438 g/mol. The highest BCUT2D eigenvalue weighted by Gasteiger charge is 2.38. The Morgan fingerprint density at radius 1 is 1.09 bits per heavy atom. The van der Waals surface area contributed by atoms with E-state index >= 15 is 0 Å². The van der Waals surface area contributed by atoms with Crippen molar-refractivity contribution in [2.75, 3.05) is 6.54 Å². The molecule has 0 bridgehead atoms. The lowest BCUT2D eigenvalue weighted by atomic mass is 9.83. The number of carbonyl (C=O) groups excluding carboxylic acids is 2. The molecule has 3 rings (SSSR count). The second-order valence-electron chi connectivity index (χ2n) is 8.95. The van der Waals surface area contributed by atoms with Crippen LogP contribution in [-0.4, -0.2) is 47.8 Å². The Balaban J connectivity index is 1.63. The first-order valence-electron chi connectivity index (χ1n) is 11.4. The van der Waals surface area contributed by atoms with Crippen LogP contribution in [-0.2, 0) is 22.6 Å². The van der Waals surface area contributed by atoms with E-state index < -0.39 is 24.6 Å². The number of amides is 2. The van der Waals surface area contributed by atoms with Crippen molar-refractivity contribution in [3.63, 3.8) is 0 Å². The summed E-state index contributed by atoms with van der Waals surface area (Å²) in [5.41, 5.74) is 13.1. The van der Waals surface area contributed by atoms with E-state index in [1.807, 2.05) is 0 Å². The predicted molar refractivity (Wildman–Crippen MR) is 120 cm³/mol. The number of carbonyl (C=O) groups is 2. The van der Waals surface area contributed by atoms with Gasteiger partial charge in [0.05, 0.1) is 12.1 Å². The van der Waals surface area contributed by atoms with Gasteiger partial charge in [-0.2, -0.15) is 0 Å². The van der Waals surface area contributed by atoms with Crippen molar-refractivity contribution in [2.45, 2.75) is 82.5 Å². The molecule has 1 aliphatic heterocycles. The molecule has 2 amide bonds. The molecular formula is C23H33ClF2N4O2. The maximum absolute atomic E-state index is 13.0. The highest BCUT2D eigenvalue weighted by molar-refractivity contribution is 6.30. The van der Waals surface area contributed by atoms with Crippen molar-refractivity contribution in [1.82, 2.24) is 10.2 Å². The summed E-state index contributed by atoms with van der Waals surface area (Å²) in [6.45, 7) is 0.640. The van der Waals surface area contributed by atoms with Gasteiger partial charge in [-0.15, -0.1) is 0 Å². The topological polar surface area (TPSA) is 101 Å². The van der Waals surface area contributed by atoms with Gasteiger partial charge in [-0.25, -0.2) is 8.78 Å². The van der Waals surface area contributed by atoms with Gasteiger partial charge < -0.3 is 21.7 Å². The van der Waals surface area contributed by atoms with Crippen LogP contribution >= 0.6 is 11.6 Å². The van der Waals surface area contributed by atoms with Crippen LogP contribution in [0.1, 0.15) is 56.1 Å². The van der Waals surface area contributed by atoms with Gasteiger partial charge in [0.1, 0.15) is 6.04 Å². The first kappa shape index (κ1) is 24.9. The van der Waals surface area contributed by atoms with E-state index in [0.29, 0.717) is 29.1 Å². The number of halogens is 3. The van der Waals surface area contributed by atoms with E-state index in [2.05, 4.69) is 5.32 Å². The molecule has 1 aromatic carbocycles. The molecule has 1 saturated heterocycles. The Kier molecular flexibility index (Phi) is 8.85. The summed E-state index contributed by atoms with van der Waals surface area (Å²) >= 11 is 6.07. The number of nitrogens with one attached hydrogen (secondary N) is 1. The molecule has 32 heavy (non-hydrogen) atoms. The fourth-order valence-electron chi connectivity index (χ4n) is 4.79. The number of hydrogen-bond donors (Lipinski definition) is 3. The van der Waals surface area contributed by atoms with Crippen molar-refractivity contribution in [1.29, 1.82) is 0 Å². The van der Waals surface area contributed by atoms with Crippen LogP contribution in [0.4, 0.5) is 8.78 Å². The van der Waals surface area contributed by atoms with Crippen molar-refractivity contribution in [3.05, 3.63) is 34.3 Å². The largest absolute Gasteiger partial charge is 0.350 e. The van der Waals surface area contributed by atoms with E-state index in [-0.39, 0.29) is 30.7 Å².